The molecule has 0 heterocycles. The van der Waals surface area contributed by atoms with Crippen molar-refractivity contribution in [2.75, 3.05) is 7.11 Å². The Labute approximate surface area is 192 Å². The van der Waals surface area contributed by atoms with Gasteiger partial charge in [-0.25, -0.2) is 14.2 Å². The first-order valence-electron chi connectivity index (χ1n) is 9.25. The van der Waals surface area contributed by atoms with Gasteiger partial charge in [0.05, 0.1) is 23.3 Å². The highest BCUT2D eigenvalue weighted by Gasteiger charge is 2.12. The van der Waals surface area contributed by atoms with Gasteiger partial charge in [-0.05, 0) is 75.7 Å². The Hall–Kier alpha value is -3.01. The van der Waals surface area contributed by atoms with Gasteiger partial charge in [-0.15, -0.1) is 0 Å². The standard InChI is InChI=1S/C23H19F2IN2O3/c1-30-21-11-17(13-27-28-22(29)12-15-5-7-18(24)8-6-15)10-20(26)23(21)31-14-16-3-2-4-19(25)9-16/h2-11,13H,12,14H2,1H3,(H,28,29)/b27-13+. The van der Waals surface area contributed by atoms with E-state index >= 15 is 0 Å². The number of ether oxygens (including phenoxy) is 2. The van der Waals surface area contributed by atoms with Crippen molar-refractivity contribution in [2.45, 2.75) is 13.0 Å². The molecule has 160 valence electrons. The Balaban J connectivity index is 1.63. The van der Waals surface area contributed by atoms with E-state index in [4.69, 9.17) is 9.47 Å². The SMILES string of the molecule is COc1cc(/C=N/NC(=O)Cc2ccc(F)cc2)cc(I)c1OCc1cccc(F)c1. The molecule has 3 aromatic carbocycles. The van der Waals surface area contributed by atoms with Crippen LogP contribution in [-0.2, 0) is 17.8 Å². The number of hydrogen-bond acceptors (Lipinski definition) is 4. The van der Waals surface area contributed by atoms with E-state index in [9.17, 15) is 13.6 Å². The lowest BCUT2D eigenvalue weighted by Crippen LogP contribution is -2.19. The molecule has 0 aliphatic carbocycles. The van der Waals surface area contributed by atoms with E-state index in [0.29, 0.717) is 28.2 Å². The Morgan fingerprint density at radius 3 is 2.55 bits per heavy atom. The number of hydrogen-bond donors (Lipinski definition) is 1. The van der Waals surface area contributed by atoms with Crippen molar-refractivity contribution < 1.29 is 23.0 Å². The number of halogens is 3. The molecule has 1 N–H and O–H groups in total. The third kappa shape index (κ3) is 6.74. The van der Waals surface area contributed by atoms with E-state index in [1.165, 1.54) is 37.6 Å². The molecule has 0 bridgehead atoms. The molecule has 0 aromatic heterocycles. The number of nitrogens with one attached hydrogen (secondary N) is 1. The summed E-state index contributed by atoms with van der Waals surface area (Å²) in [5, 5.41) is 3.96. The zero-order valence-corrected chi connectivity index (χ0v) is 18.7. The summed E-state index contributed by atoms with van der Waals surface area (Å²) in [6.45, 7) is 0.191. The number of methoxy groups -OCH3 is 1. The zero-order valence-electron chi connectivity index (χ0n) is 16.6. The number of benzene rings is 3. The van der Waals surface area contributed by atoms with Crippen LogP contribution in [0.5, 0.6) is 11.5 Å². The van der Waals surface area contributed by atoms with Gasteiger partial charge in [0.2, 0.25) is 5.91 Å². The fraction of sp³-hybridized carbons (Fsp3) is 0.130. The number of carbonyl (C=O) groups is 1. The predicted octanol–water partition coefficient (Wildman–Crippen LogP) is 4.85. The third-order valence-electron chi connectivity index (χ3n) is 4.20. The first-order valence-corrected chi connectivity index (χ1v) is 10.3. The molecule has 3 rings (SSSR count). The van der Waals surface area contributed by atoms with Gasteiger partial charge in [0, 0.05) is 0 Å². The van der Waals surface area contributed by atoms with Gasteiger partial charge in [-0.2, -0.15) is 5.10 Å². The van der Waals surface area contributed by atoms with Gasteiger partial charge >= 0.3 is 0 Å². The highest BCUT2D eigenvalue weighted by molar-refractivity contribution is 14.1. The van der Waals surface area contributed by atoms with Gasteiger partial charge in [-0.3, -0.25) is 4.79 Å². The van der Waals surface area contributed by atoms with Crippen LogP contribution in [0.1, 0.15) is 16.7 Å². The summed E-state index contributed by atoms with van der Waals surface area (Å²) in [6, 6.07) is 15.4. The second-order valence-electron chi connectivity index (χ2n) is 6.55. The van der Waals surface area contributed by atoms with Crippen LogP contribution >= 0.6 is 22.6 Å². The molecule has 0 spiro atoms. The van der Waals surface area contributed by atoms with Crippen molar-refractivity contribution in [3.63, 3.8) is 0 Å². The van der Waals surface area contributed by atoms with Crippen LogP contribution < -0.4 is 14.9 Å². The Kier molecular flexibility index (Phi) is 7.94. The maximum atomic E-state index is 13.3. The zero-order chi connectivity index (χ0) is 22.2. The minimum atomic E-state index is -0.353. The summed E-state index contributed by atoms with van der Waals surface area (Å²) in [5.41, 5.74) is 4.53. The summed E-state index contributed by atoms with van der Waals surface area (Å²) >= 11 is 2.11. The number of nitrogens with zero attached hydrogens (tertiary/aromatic N) is 1. The van der Waals surface area contributed by atoms with Crippen molar-refractivity contribution in [3.8, 4) is 11.5 Å². The first-order chi connectivity index (χ1) is 14.9. The average Bonchev–Trinajstić information content (AvgIpc) is 2.74. The molecular weight excluding hydrogens is 517 g/mol. The van der Waals surface area contributed by atoms with E-state index in [1.54, 1.807) is 30.3 Å². The number of hydrazone groups is 1. The van der Waals surface area contributed by atoms with Crippen LogP contribution in [0.3, 0.4) is 0 Å². The maximum absolute atomic E-state index is 13.3. The lowest BCUT2D eigenvalue weighted by molar-refractivity contribution is -0.120. The van der Waals surface area contributed by atoms with Crippen molar-refractivity contribution in [2.24, 2.45) is 5.10 Å². The summed E-state index contributed by atoms with van der Waals surface area (Å²) in [5.74, 6) is 0.0247. The van der Waals surface area contributed by atoms with Gasteiger partial charge in [0.25, 0.3) is 0 Å². The molecular formula is C23H19F2IN2O3. The molecule has 8 heteroatoms. The van der Waals surface area contributed by atoms with Crippen LogP contribution in [-0.4, -0.2) is 19.2 Å². The number of amides is 1. The largest absolute Gasteiger partial charge is 0.493 e. The molecule has 3 aromatic rings. The Morgan fingerprint density at radius 2 is 1.84 bits per heavy atom. The number of rotatable bonds is 8. The van der Waals surface area contributed by atoms with E-state index in [1.807, 2.05) is 6.07 Å². The van der Waals surface area contributed by atoms with Crippen molar-refractivity contribution in [1.29, 1.82) is 0 Å². The topological polar surface area (TPSA) is 59.9 Å². The molecule has 5 nitrogen and oxygen atoms in total. The van der Waals surface area contributed by atoms with Crippen LogP contribution in [0.4, 0.5) is 8.78 Å². The second-order valence-corrected chi connectivity index (χ2v) is 7.71. The van der Waals surface area contributed by atoms with Crippen molar-refractivity contribution in [1.82, 2.24) is 5.43 Å². The van der Waals surface area contributed by atoms with Crippen molar-refractivity contribution >= 4 is 34.7 Å². The number of carbonyl (C=O) groups excluding carboxylic acids is 1. The van der Waals surface area contributed by atoms with Gasteiger partial charge < -0.3 is 9.47 Å². The van der Waals surface area contributed by atoms with Crippen molar-refractivity contribution in [3.05, 3.63) is 92.6 Å². The lowest BCUT2D eigenvalue weighted by Gasteiger charge is -2.13. The molecule has 0 fully saturated rings. The van der Waals surface area contributed by atoms with Crippen LogP contribution in [0.2, 0.25) is 0 Å². The predicted molar refractivity (Wildman–Crippen MR) is 122 cm³/mol. The summed E-state index contributed by atoms with van der Waals surface area (Å²) in [7, 11) is 1.52. The fourth-order valence-corrected chi connectivity index (χ4v) is 3.52. The van der Waals surface area contributed by atoms with Gasteiger partial charge in [0.1, 0.15) is 18.2 Å². The van der Waals surface area contributed by atoms with Gasteiger partial charge in [0.15, 0.2) is 11.5 Å². The smallest absolute Gasteiger partial charge is 0.244 e. The van der Waals surface area contributed by atoms with Gasteiger partial charge in [-0.1, -0.05) is 24.3 Å². The van der Waals surface area contributed by atoms with Crippen LogP contribution in [0.25, 0.3) is 0 Å². The minimum absolute atomic E-state index is 0.0886. The Bertz CT molecular complexity index is 1090. The highest BCUT2D eigenvalue weighted by Crippen LogP contribution is 2.34. The first kappa shape index (κ1) is 22.7. The molecule has 0 unspecified atom stereocenters. The molecule has 0 radical (unpaired) electrons. The summed E-state index contributed by atoms with van der Waals surface area (Å²) in [4.78, 5) is 12.0. The normalized spacial score (nSPS) is 10.8. The molecule has 1 amide bonds. The summed E-state index contributed by atoms with van der Waals surface area (Å²) in [6.07, 6.45) is 1.58. The highest BCUT2D eigenvalue weighted by atomic mass is 127. The molecule has 31 heavy (non-hydrogen) atoms. The average molecular weight is 536 g/mol. The van der Waals surface area contributed by atoms with E-state index in [2.05, 4.69) is 33.1 Å². The van der Waals surface area contributed by atoms with E-state index in [0.717, 1.165) is 3.57 Å². The van der Waals surface area contributed by atoms with Crippen LogP contribution in [0, 0.1) is 15.2 Å². The summed E-state index contributed by atoms with van der Waals surface area (Å²) < 4.78 is 38.3. The molecule has 0 atom stereocenters. The molecule has 0 saturated heterocycles. The molecule has 0 saturated carbocycles. The Morgan fingerprint density at radius 1 is 1.06 bits per heavy atom. The van der Waals surface area contributed by atoms with E-state index < -0.39 is 0 Å². The molecule has 0 aliphatic rings. The monoisotopic (exact) mass is 536 g/mol. The molecule has 0 aliphatic heterocycles. The maximum Gasteiger partial charge on any atom is 0.244 e. The lowest BCUT2D eigenvalue weighted by atomic mass is 10.1. The fourth-order valence-electron chi connectivity index (χ4n) is 2.74. The van der Waals surface area contributed by atoms with E-state index in [-0.39, 0.29) is 30.6 Å². The second kappa shape index (κ2) is 10.9. The van der Waals surface area contributed by atoms with Crippen LogP contribution in [0.15, 0.2) is 65.8 Å². The quantitative estimate of drug-likeness (QED) is 0.255. The third-order valence-corrected chi connectivity index (χ3v) is 5.01. The minimum Gasteiger partial charge on any atom is -0.493 e.